The largest absolute Gasteiger partial charge is 0.506 e. The highest BCUT2D eigenvalue weighted by Crippen LogP contribution is 2.27. The van der Waals surface area contributed by atoms with E-state index in [4.69, 9.17) is 9.41 Å². The molecule has 162 valence electrons. The monoisotopic (exact) mass is 419 g/mol. The van der Waals surface area contributed by atoms with Gasteiger partial charge in [-0.2, -0.15) is 0 Å². The van der Waals surface area contributed by atoms with Crippen molar-refractivity contribution in [2.45, 2.75) is 20.4 Å². The average molecular weight is 420 g/mol. The molecule has 0 unspecified atom stereocenters. The van der Waals surface area contributed by atoms with Gasteiger partial charge in [0.1, 0.15) is 12.3 Å². The molecule has 1 aromatic heterocycles. The standard InChI is InChI=1S/C24H29N5O2/c1-3-25-24(29-14-12-28(13-15-29)20-6-4-5-7-21(20)30)27-17-23-26-16-22(31-23)19-10-8-18(2)9-11-19/h4-11,16,30H,3,12-15,17H2,1-2H3,(H,25,27). The van der Waals surface area contributed by atoms with E-state index in [0.29, 0.717) is 18.2 Å². The maximum atomic E-state index is 10.1. The molecule has 1 aliphatic rings. The highest BCUT2D eigenvalue weighted by atomic mass is 16.4. The number of guanidine groups is 1. The first kappa shape index (κ1) is 20.8. The van der Waals surface area contributed by atoms with E-state index in [0.717, 1.165) is 55.7 Å². The summed E-state index contributed by atoms with van der Waals surface area (Å²) in [6.07, 6.45) is 1.76. The molecule has 2 heterocycles. The van der Waals surface area contributed by atoms with E-state index in [-0.39, 0.29) is 0 Å². The fourth-order valence-electron chi connectivity index (χ4n) is 3.69. The molecule has 0 atom stereocenters. The lowest BCUT2D eigenvalue weighted by molar-refractivity contribution is 0.368. The molecule has 2 aromatic carbocycles. The molecule has 0 aliphatic carbocycles. The molecule has 0 spiro atoms. The Morgan fingerprint density at radius 1 is 1.10 bits per heavy atom. The summed E-state index contributed by atoms with van der Waals surface area (Å²) in [5.74, 6) is 2.53. The third-order valence-corrected chi connectivity index (χ3v) is 5.39. The second-order valence-corrected chi connectivity index (χ2v) is 7.62. The van der Waals surface area contributed by atoms with Crippen molar-refractivity contribution in [2.24, 2.45) is 4.99 Å². The van der Waals surface area contributed by atoms with Crippen LogP contribution in [0.5, 0.6) is 5.75 Å². The Hall–Kier alpha value is -3.48. The van der Waals surface area contributed by atoms with Crippen LogP contribution in [-0.2, 0) is 6.54 Å². The number of aliphatic imine (C=N–C) groups is 1. The highest BCUT2D eigenvalue weighted by Gasteiger charge is 2.21. The van der Waals surface area contributed by atoms with Crippen LogP contribution in [0.1, 0.15) is 18.4 Å². The zero-order chi connectivity index (χ0) is 21.6. The molecule has 0 amide bonds. The summed E-state index contributed by atoms with van der Waals surface area (Å²) in [5.41, 5.74) is 3.11. The van der Waals surface area contributed by atoms with Crippen molar-refractivity contribution in [3.05, 3.63) is 66.2 Å². The smallest absolute Gasteiger partial charge is 0.216 e. The Bertz CT molecular complexity index is 1020. The molecule has 1 fully saturated rings. The van der Waals surface area contributed by atoms with E-state index in [1.807, 2.05) is 30.3 Å². The van der Waals surface area contributed by atoms with Gasteiger partial charge in [-0.15, -0.1) is 0 Å². The van der Waals surface area contributed by atoms with Crippen molar-refractivity contribution < 1.29 is 9.52 Å². The van der Waals surface area contributed by atoms with E-state index >= 15 is 0 Å². The molecule has 31 heavy (non-hydrogen) atoms. The number of hydrogen-bond donors (Lipinski definition) is 2. The number of rotatable bonds is 5. The van der Waals surface area contributed by atoms with Crippen molar-refractivity contribution in [2.75, 3.05) is 37.6 Å². The van der Waals surface area contributed by atoms with Crippen molar-refractivity contribution in [1.82, 2.24) is 15.2 Å². The Morgan fingerprint density at radius 3 is 2.55 bits per heavy atom. The normalized spacial score (nSPS) is 14.7. The number of aromatic nitrogens is 1. The highest BCUT2D eigenvalue weighted by molar-refractivity contribution is 5.80. The maximum Gasteiger partial charge on any atom is 0.216 e. The third-order valence-electron chi connectivity index (χ3n) is 5.39. The van der Waals surface area contributed by atoms with Crippen LogP contribution in [0.15, 0.2) is 64.1 Å². The molecule has 1 saturated heterocycles. The number of anilines is 1. The van der Waals surface area contributed by atoms with E-state index in [9.17, 15) is 5.11 Å². The molecular formula is C24H29N5O2. The number of nitrogens with one attached hydrogen (secondary N) is 1. The van der Waals surface area contributed by atoms with Crippen molar-refractivity contribution in [3.63, 3.8) is 0 Å². The SMILES string of the molecule is CCNC(=NCc1ncc(-c2ccc(C)cc2)o1)N1CCN(c2ccccc2O)CC1. The number of aryl methyl sites for hydroxylation is 1. The number of oxazole rings is 1. The van der Waals surface area contributed by atoms with E-state index < -0.39 is 0 Å². The Kier molecular flexibility index (Phi) is 6.40. The van der Waals surface area contributed by atoms with Gasteiger partial charge in [-0.3, -0.25) is 0 Å². The lowest BCUT2D eigenvalue weighted by atomic mass is 10.1. The van der Waals surface area contributed by atoms with Crippen molar-refractivity contribution in [1.29, 1.82) is 0 Å². The van der Waals surface area contributed by atoms with Crippen LogP contribution >= 0.6 is 0 Å². The second kappa shape index (κ2) is 9.55. The van der Waals surface area contributed by atoms with Crippen LogP contribution < -0.4 is 10.2 Å². The van der Waals surface area contributed by atoms with Gasteiger partial charge in [0.25, 0.3) is 0 Å². The average Bonchev–Trinajstić information content (AvgIpc) is 3.27. The molecule has 2 N–H and O–H groups in total. The van der Waals surface area contributed by atoms with Crippen LogP contribution in [0.3, 0.4) is 0 Å². The lowest BCUT2D eigenvalue weighted by Crippen LogP contribution is -2.52. The number of phenolic OH excluding ortho intramolecular Hbond substituents is 1. The quantitative estimate of drug-likeness (QED) is 0.486. The number of para-hydroxylation sites is 2. The van der Waals surface area contributed by atoms with Gasteiger partial charge in [0, 0.05) is 38.3 Å². The van der Waals surface area contributed by atoms with Crippen LogP contribution in [0, 0.1) is 6.92 Å². The van der Waals surface area contributed by atoms with Gasteiger partial charge < -0.3 is 24.6 Å². The first-order valence-electron chi connectivity index (χ1n) is 10.7. The fraction of sp³-hybridized carbons (Fsp3) is 0.333. The first-order chi connectivity index (χ1) is 15.1. The predicted molar refractivity (Wildman–Crippen MR) is 123 cm³/mol. The summed E-state index contributed by atoms with van der Waals surface area (Å²) in [7, 11) is 0. The third kappa shape index (κ3) is 4.99. The van der Waals surface area contributed by atoms with Gasteiger partial charge in [0.05, 0.1) is 11.9 Å². The van der Waals surface area contributed by atoms with E-state index in [1.165, 1.54) is 5.56 Å². The van der Waals surface area contributed by atoms with Crippen LogP contribution in [-0.4, -0.2) is 53.7 Å². The van der Waals surface area contributed by atoms with Crippen molar-refractivity contribution in [3.8, 4) is 17.1 Å². The van der Waals surface area contributed by atoms with Gasteiger partial charge in [-0.1, -0.05) is 42.0 Å². The summed E-state index contributed by atoms with van der Waals surface area (Å²) < 4.78 is 5.91. The van der Waals surface area contributed by atoms with Gasteiger partial charge in [0.15, 0.2) is 11.7 Å². The van der Waals surface area contributed by atoms with E-state index in [2.05, 4.69) is 46.1 Å². The van der Waals surface area contributed by atoms with Crippen LogP contribution in [0.25, 0.3) is 11.3 Å². The van der Waals surface area contributed by atoms with Crippen LogP contribution in [0.2, 0.25) is 0 Å². The summed E-state index contributed by atoms with van der Waals surface area (Å²) in [6, 6.07) is 15.7. The number of benzene rings is 2. The molecule has 1 aliphatic heterocycles. The van der Waals surface area contributed by atoms with Crippen molar-refractivity contribution >= 4 is 11.6 Å². The maximum absolute atomic E-state index is 10.1. The summed E-state index contributed by atoms with van der Waals surface area (Å²) in [6.45, 7) is 8.58. The zero-order valence-corrected chi connectivity index (χ0v) is 18.1. The molecule has 0 bridgehead atoms. The minimum absolute atomic E-state index is 0.324. The predicted octanol–water partition coefficient (Wildman–Crippen LogP) is 3.64. The summed E-state index contributed by atoms with van der Waals surface area (Å²) >= 11 is 0. The fourth-order valence-corrected chi connectivity index (χ4v) is 3.69. The number of piperazine rings is 1. The molecule has 7 heteroatoms. The lowest BCUT2D eigenvalue weighted by Gasteiger charge is -2.37. The Morgan fingerprint density at radius 2 is 1.84 bits per heavy atom. The van der Waals surface area contributed by atoms with Gasteiger partial charge in [0.2, 0.25) is 5.89 Å². The zero-order valence-electron chi connectivity index (χ0n) is 18.1. The first-order valence-corrected chi connectivity index (χ1v) is 10.7. The number of nitrogens with zero attached hydrogens (tertiary/aromatic N) is 4. The molecule has 0 saturated carbocycles. The second-order valence-electron chi connectivity index (χ2n) is 7.62. The molecule has 7 nitrogen and oxygen atoms in total. The minimum Gasteiger partial charge on any atom is -0.506 e. The number of hydrogen-bond acceptors (Lipinski definition) is 5. The number of aromatic hydroxyl groups is 1. The molecule has 3 aromatic rings. The number of phenols is 1. The van der Waals surface area contributed by atoms with Crippen LogP contribution in [0.4, 0.5) is 5.69 Å². The molecule has 4 rings (SSSR count). The van der Waals surface area contributed by atoms with E-state index in [1.54, 1.807) is 12.3 Å². The van der Waals surface area contributed by atoms with Gasteiger partial charge in [-0.25, -0.2) is 9.98 Å². The topological polar surface area (TPSA) is 77.1 Å². The summed E-state index contributed by atoms with van der Waals surface area (Å²) in [5, 5.41) is 13.5. The molecule has 0 radical (unpaired) electrons. The Labute approximate surface area is 183 Å². The summed E-state index contributed by atoms with van der Waals surface area (Å²) in [4.78, 5) is 13.6. The Balaban J connectivity index is 1.40. The van der Waals surface area contributed by atoms with Gasteiger partial charge in [-0.05, 0) is 26.0 Å². The minimum atomic E-state index is 0.324. The van der Waals surface area contributed by atoms with Gasteiger partial charge >= 0.3 is 0 Å². The molecular weight excluding hydrogens is 390 g/mol.